The summed E-state index contributed by atoms with van der Waals surface area (Å²) in [6, 6.07) is 7.95. The van der Waals surface area contributed by atoms with Gasteiger partial charge in [-0.3, -0.25) is 9.36 Å². The van der Waals surface area contributed by atoms with Crippen LogP contribution in [0.4, 0.5) is 0 Å². The lowest BCUT2D eigenvalue weighted by atomic mass is 9.99. The highest BCUT2D eigenvalue weighted by atomic mass is 16.1. The third kappa shape index (κ3) is 3.09. The summed E-state index contributed by atoms with van der Waals surface area (Å²) in [5, 5.41) is 3.27. The Balaban J connectivity index is 2.30. The van der Waals surface area contributed by atoms with Crippen molar-refractivity contribution in [3.63, 3.8) is 0 Å². The molecule has 4 nitrogen and oxygen atoms in total. The summed E-state index contributed by atoms with van der Waals surface area (Å²) in [5.41, 5.74) is 3.66. The van der Waals surface area contributed by atoms with Crippen LogP contribution in [0.5, 0.6) is 0 Å². The molecule has 19 heavy (non-hydrogen) atoms. The van der Waals surface area contributed by atoms with E-state index >= 15 is 0 Å². The van der Waals surface area contributed by atoms with Gasteiger partial charge in [-0.15, -0.1) is 0 Å². The molecular formula is C15H19N3O. The maximum Gasteiger partial charge on any atom is 0.253 e. The van der Waals surface area contributed by atoms with E-state index in [1.54, 1.807) is 10.9 Å². The van der Waals surface area contributed by atoms with Crippen molar-refractivity contribution in [2.45, 2.75) is 26.4 Å². The average molecular weight is 257 g/mol. The van der Waals surface area contributed by atoms with Crippen LogP contribution in [0.25, 0.3) is 0 Å². The lowest BCUT2D eigenvalue weighted by molar-refractivity contribution is 0.484. The normalized spacial score (nSPS) is 12.4. The molecular weight excluding hydrogens is 238 g/mol. The van der Waals surface area contributed by atoms with Gasteiger partial charge >= 0.3 is 0 Å². The Morgan fingerprint density at radius 3 is 2.74 bits per heavy atom. The number of nitrogens with one attached hydrogen (secondary N) is 1. The zero-order valence-electron chi connectivity index (χ0n) is 11.6. The zero-order valence-corrected chi connectivity index (χ0v) is 11.6. The molecule has 0 saturated carbocycles. The summed E-state index contributed by atoms with van der Waals surface area (Å²) in [6.45, 7) is 4.75. The third-order valence-corrected chi connectivity index (χ3v) is 3.32. The first-order valence-electron chi connectivity index (χ1n) is 6.36. The van der Waals surface area contributed by atoms with E-state index in [4.69, 9.17) is 0 Å². The van der Waals surface area contributed by atoms with Gasteiger partial charge in [0.1, 0.15) is 0 Å². The molecule has 2 aromatic rings. The van der Waals surface area contributed by atoms with Crippen LogP contribution in [0.1, 0.15) is 22.7 Å². The maximum absolute atomic E-state index is 11.7. The summed E-state index contributed by atoms with van der Waals surface area (Å²) >= 11 is 0. The van der Waals surface area contributed by atoms with E-state index in [2.05, 4.69) is 42.3 Å². The lowest BCUT2D eigenvalue weighted by Gasteiger charge is -2.20. The molecule has 1 atom stereocenters. The van der Waals surface area contributed by atoms with Gasteiger partial charge in [0, 0.05) is 18.8 Å². The highest BCUT2D eigenvalue weighted by Crippen LogP contribution is 2.19. The minimum atomic E-state index is -0.0278. The first kappa shape index (κ1) is 13.5. The van der Waals surface area contributed by atoms with E-state index in [0.29, 0.717) is 6.54 Å². The highest BCUT2D eigenvalue weighted by molar-refractivity contribution is 5.32. The monoisotopic (exact) mass is 257 g/mol. The van der Waals surface area contributed by atoms with Crippen LogP contribution < -0.4 is 10.9 Å². The Morgan fingerprint density at radius 1 is 1.32 bits per heavy atom. The van der Waals surface area contributed by atoms with E-state index in [0.717, 1.165) is 0 Å². The van der Waals surface area contributed by atoms with Crippen LogP contribution >= 0.6 is 0 Å². The Labute approximate surface area is 113 Å². The van der Waals surface area contributed by atoms with Gasteiger partial charge in [0.15, 0.2) is 0 Å². The van der Waals surface area contributed by atoms with E-state index in [-0.39, 0.29) is 11.6 Å². The predicted octanol–water partition coefficient (Wildman–Crippen LogP) is 1.82. The van der Waals surface area contributed by atoms with E-state index in [1.165, 1.54) is 29.0 Å². The summed E-state index contributed by atoms with van der Waals surface area (Å²) in [7, 11) is 1.91. The molecule has 0 amide bonds. The molecule has 1 heterocycles. The number of nitrogens with zero attached hydrogens (tertiary/aromatic N) is 2. The fourth-order valence-corrected chi connectivity index (χ4v) is 2.27. The molecule has 0 spiro atoms. The molecule has 0 aliphatic heterocycles. The molecule has 0 radical (unpaired) electrons. The summed E-state index contributed by atoms with van der Waals surface area (Å²) in [4.78, 5) is 15.7. The molecule has 1 aromatic heterocycles. The van der Waals surface area contributed by atoms with Gasteiger partial charge in [-0.1, -0.05) is 23.8 Å². The van der Waals surface area contributed by atoms with Crippen LogP contribution in [0, 0.1) is 13.8 Å². The van der Waals surface area contributed by atoms with Crippen LogP contribution in [0.3, 0.4) is 0 Å². The van der Waals surface area contributed by atoms with Crippen molar-refractivity contribution in [2.75, 3.05) is 7.05 Å². The predicted molar refractivity (Wildman–Crippen MR) is 76.2 cm³/mol. The molecule has 0 aliphatic rings. The highest BCUT2D eigenvalue weighted by Gasteiger charge is 2.13. The maximum atomic E-state index is 11.7. The standard InChI is InChI=1S/C15H19N3O/c1-11-4-5-13(12(2)8-11)14(16-3)9-18-10-17-7-6-15(18)19/h4-8,10,14,16H,9H2,1-3H3. The first-order valence-corrected chi connectivity index (χ1v) is 6.36. The summed E-state index contributed by atoms with van der Waals surface area (Å²) in [6.07, 6.45) is 3.10. The number of hydrogen-bond acceptors (Lipinski definition) is 3. The molecule has 1 aromatic carbocycles. The topological polar surface area (TPSA) is 46.9 Å². The molecule has 0 bridgehead atoms. The van der Waals surface area contributed by atoms with Gasteiger partial charge in [0.2, 0.25) is 0 Å². The number of rotatable bonds is 4. The Kier molecular flexibility index (Phi) is 4.12. The second kappa shape index (κ2) is 5.80. The second-order valence-corrected chi connectivity index (χ2v) is 4.77. The molecule has 100 valence electrons. The molecule has 1 unspecified atom stereocenters. The fraction of sp³-hybridized carbons (Fsp3) is 0.333. The quantitative estimate of drug-likeness (QED) is 0.909. The van der Waals surface area contributed by atoms with Crippen molar-refractivity contribution in [1.29, 1.82) is 0 Å². The summed E-state index contributed by atoms with van der Waals surface area (Å²) in [5.74, 6) is 0. The van der Waals surface area contributed by atoms with Crippen molar-refractivity contribution in [1.82, 2.24) is 14.9 Å². The van der Waals surface area contributed by atoms with E-state index < -0.39 is 0 Å². The Morgan fingerprint density at radius 2 is 2.11 bits per heavy atom. The SMILES string of the molecule is CNC(Cn1cnccc1=O)c1ccc(C)cc1C. The van der Waals surface area contributed by atoms with Gasteiger partial charge in [0.25, 0.3) is 5.56 Å². The van der Waals surface area contributed by atoms with Crippen molar-refractivity contribution < 1.29 is 0 Å². The minimum Gasteiger partial charge on any atom is -0.312 e. The second-order valence-electron chi connectivity index (χ2n) is 4.77. The fourth-order valence-electron chi connectivity index (χ4n) is 2.27. The Hall–Kier alpha value is -1.94. The number of likely N-dealkylation sites (N-methyl/N-ethyl adjacent to an activating group) is 1. The van der Waals surface area contributed by atoms with Crippen LogP contribution in [0.2, 0.25) is 0 Å². The zero-order chi connectivity index (χ0) is 13.8. The molecule has 1 N–H and O–H groups in total. The van der Waals surface area contributed by atoms with Crippen molar-refractivity contribution in [3.8, 4) is 0 Å². The Bertz CT molecular complexity index is 619. The van der Waals surface area contributed by atoms with E-state index in [9.17, 15) is 4.79 Å². The van der Waals surface area contributed by atoms with Gasteiger partial charge in [-0.25, -0.2) is 4.98 Å². The van der Waals surface area contributed by atoms with Crippen LogP contribution in [-0.4, -0.2) is 16.6 Å². The average Bonchev–Trinajstić information content (AvgIpc) is 2.39. The first-order chi connectivity index (χ1) is 9.11. The number of hydrogen-bond donors (Lipinski definition) is 1. The van der Waals surface area contributed by atoms with Gasteiger partial charge in [0.05, 0.1) is 12.4 Å². The van der Waals surface area contributed by atoms with Crippen molar-refractivity contribution >= 4 is 0 Å². The van der Waals surface area contributed by atoms with Crippen molar-refractivity contribution in [3.05, 3.63) is 63.8 Å². The smallest absolute Gasteiger partial charge is 0.253 e. The van der Waals surface area contributed by atoms with Crippen LogP contribution in [-0.2, 0) is 6.54 Å². The minimum absolute atomic E-state index is 0.0278. The summed E-state index contributed by atoms with van der Waals surface area (Å²) < 4.78 is 1.63. The number of aryl methyl sites for hydroxylation is 2. The third-order valence-electron chi connectivity index (χ3n) is 3.32. The largest absolute Gasteiger partial charge is 0.312 e. The number of benzene rings is 1. The molecule has 0 fully saturated rings. The molecule has 4 heteroatoms. The molecule has 2 rings (SSSR count). The molecule has 0 aliphatic carbocycles. The van der Waals surface area contributed by atoms with Crippen LogP contribution in [0.15, 0.2) is 41.6 Å². The van der Waals surface area contributed by atoms with Gasteiger partial charge in [-0.2, -0.15) is 0 Å². The number of aromatic nitrogens is 2. The van der Waals surface area contributed by atoms with Gasteiger partial charge in [-0.05, 0) is 32.0 Å². The molecule has 0 saturated heterocycles. The van der Waals surface area contributed by atoms with Gasteiger partial charge < -0.3 is 5.32 Å². The van der Waals surface area contributed by atoms with Crippen molar-refractivity contribution in [2.24, 2.45) is 0 Å². The van der Waals surface area contributed by atoms with E-state index in [1.807, 2.05) is 7.05 Å². The lowest BCUT2D eigenvalue weighted by Crippen LogP contribution is -2.28.